The Hall–Kier alpha value is -1.22. The van der Waals surface area contributed by atoms with E-state index < -0.39 is 0 Å². The lowest BCUT2D eigenvalue weighted by molar-refractivity contribution is -0.894. The van der Waals surface area contributed by atoms with Crippen LogP contribution in [0.1, 0.15) is 72.6 Å². The van der Waals surface area contributed by atoms with E-state index in [9.17, 15) is 9.59 Å². The van der Waals surface area contributed by atoms with E-state index in [4.69, 9.17) is 9.47 Å². The SMILES string of the molecule is CC(=O)O[C@@H]1C[C@@H]2CC[C@H]3[C@H]4C[C@H](N5CC[N+](C)(C)CC5)[C@H](OC(C)=O)[C@@]4(C)CC[C@@H]3[C@@]2(C)C[C@@H]1N1CC[N+](C)(C)CC1. The zero-order valence-electron chi connectivity index (χ0n) is 28.6. The Balaban J connectivity index is 1.26. The van der Waals surface area contributed by atoms with E-state index >= 15 is 0 Å². The average Bonchev–Trinajstić information content (AvgIpc) is 3.20. The van der Waals surface area contributed by atoms with Gasteiger partial charge in [0.1, 0.15) is 12.2 Å². The molecule has 0 bridgehead atoms. The molecule has 4 saturated carbocycles. The average molecular weight is 603 g/mol. The Labute approximate surface area is 261 Å². The summed E-state index contributed by atoms with van der Waals surface area (Å²) in [6.45, 7) is 17.3. The maximum atomic E-state index is 12.5. The van der Waals surface area contributed by atoms with Gasteiger partial charge in [-0.25, -0.2) is 0 Å². The first-order valence-electron chi connectivity index (χ1n) is 17.6. The van der Waals surface area contributed by atoms with Crippen molar-refractivity contribution in [2.24, 2.45) is 34.5 Å². The molecule has 0 aromatic heterocycles. The molecule has 0 N–H and O–H groups in total. The molecular weight excluding hydrogens is 540 g/mol. The fraction of sp³-hybridized carbons (Fsp3) is 0.943. The normalized spacial score (nSPS) is 46.2. The highest BCUT2D eigenvalue weighted by atomic mass is 16.5. The lowest BCUT2D eigenvalue weighted by atomic mass is 9.44. The van der Waals surface area contributed by atoms with Gasteiger partial charge in [0, 0.05) is 57.5 Å². The van der Waals surface area contributed by atoms with Gasteiger partial charge < -0.3 is 18.4 Å². The first-order valence-corrected chi connectivity index (χ1v) is 17.6. The third kappa shape index (κ3) is 5.81. The van der Waals surface area contributed by atoms with Crippen LogP contribution in [0.15, 0.2) is 0 Å². The summed E-state index contributed by atoms with van der Waals surface area (Å²) < 4.78 is 14.6. The molecule has 6 fully saturated rings. The summed E-state index contributed by atoms with van der Waals surface area (Å²) >= 11 is 0. The minimum atomic E-state index is -0.123. The van der Waals surface area contributed by atoms with Crippen LogP contribution in [0.2, 0.25) is 0 Å². The number of carbonyl (C=O) groups excluding carboxylic acids is 2. The van der Waals surface area contributed by atoms with Crippen LogP contribution in [0.25, 0.3) is 0 Å². The number of ether oxygens (including phenoxy) is 2. The number of carbonyl (C=O) groups is 2. The van der Waals surface area contributed by atoms with E-state index in [2.05, 4.69) is 51.8 Å². The summed E-state index contributed by atoms with van der Waals surface area (Å²) in [6, 6.07) is 0.656. The summed E-state index contributed by atoms with van der Waals surface area (Å²) in [5.41, 5.74) is 0.308. The molecule has 0 spiro atoms. The molecule has 0 unspecified atom stereocenters. The molecule has 2 heterocycles. The molecule has 10 atom stereocenters. The van der Waals surface area contributed by atoms with Gasteiger partial charge in [-0.3, -0.25) is 19.4 Å². The minimum absolute atomic E-state index is 0.00234. The van der Waals surface area contributed by atoms with Crippen LogP contribution >= 0.6 is 0 Å². The fourth-order valence-electron chi connectivity index (χ4n) is 11.4. The second kappa shape index (κ2) is 11.2. The van der Waals surface area contributed by atoms with Gasteiger partial charge in [0.15, 0.2) is 0 Å². The van der Waals surface area contributed by atoms with Gasteiger partial charge in [0.2, 0.25) is 0 Å². The number of quaternary nitrogens is 2. The standard InChI is InChI=1S/C35H62N4O4/c1-24(40)42-32-21-26-9-10-27-28(35(26,4)23-31(32)37-15-19-39(7,8)20-16-37)11-12-34(3)29(27)22-30(33(34)43-25(2)41)36-13-17-38(5,6)18-14-36/h26-33H,9-23H2,1-8H3/q+2/t26-,27+,28-,29+,30-,31-,32+,33-,34-,35-/m0/s1. The molecule has 0 amide bonds. The van der Waals surface area contributed by atoms with E-state index in [0.29, 0.717) is 35.8 Å². The maximum absolute atomic E-state index is 12.5. The Morgan fingerprint density at radius 3 is 1.81 bits per heavy atom. The largest absolute Gasteiger partial charge is 0.461 e. The molecule has 43 heavy (non-hydrogen) atoms. The number of fused-ring (bicyclic) bond motifs is 5. The van der Waals surface area contributed by atoms with Gasteiger partial charge in [0.25, 0.3) is 0 Å². The molecule has 6 rings (SSSR count). The first-order chi connectivity index (χ1) is 20.1. The van der Waals surface area contributed by atoms with E-state index in [0.717, 1.165) is 80.6 Å². The number of likely N-dealkylation sites (N-methyl/N-ethyl adjacent to an activating group) is 2. The third-order valence-electron chi connectivity index (χ3n) is 14.1. The molecule has 0 aromatic carbocycles. The molecule has 0 aromatic rings. The molecule has 2 saturated heterocycles. The third-order valence-corrected chi connectivity index (χ3v) is 14.1. The Kier molecular flexibility index (Phi) is 8.30. The predicted molar refractivity (Wildman–Crippen MR) is 168 cm³/mol. The van der Waals surface area contributed by atoms with Crippen molar-refractivity contribution in [3.63, 3.8) is 0 Å². The topological polar surface area (TPSA) is 59.1 Å². The van der Waals surface area contributed by atoms with Crippen LogP contribution in [-0.4, -0.2) is 136 Å². The van der Waals surface area contributed by atoms with E-state index in [-0.39, 0.29) is 35.0 Å². The second-order valence-electron chi connectivity index (χ2n) is 17.5. The van der Waals surface area contributed by atoms with Crippen LogP contribution in [0.4, 0.5) is 0 Å². The number of esters is 2. The molecule has 4 aliphatic carbocycles. The van der Waals surface area contributed by atoms with Crippen molar-refractivity contribution >= 4 is 11.9 Å². The van der Waals surface area contributed by atoms with Crippen LogP contribution < -0.4 is 0 Å². The maximum Gasteiger partial charge on any atom is 0.302 e. The fourth-order valence-corrected chi connectivity index (χ4v) is 11.4. The zero-order chi connectivity index (χ0) is 30.9. The van der Waals surface area contributed by atoms with E-state index in [1.165, 1.54) is 25.7 Å². The van der Waals surface area contributed by atoms with Crippen LogP contribution in [0, 0.1) is 34.5 Å². The lowest BCUT2D eigenvalue weighted by Crippen LogP contribution is -2.64. The number of rotatable bonds is 4. The molecule has 0 radical (unpaired) electrons. The van der Waals surface area contributed by atoms with Gasteiger partial charge in [-0.1, -0.05) is 13.8 Å². The Morgan fingerprint density at radius 1 is 0.698 bits per heavy atom. The summed E-state index contributed by atoms with van der Waals surface area (Å²) in [6.07, 6.45) is 8.22. The minimum Gasteiger partial charge on any atom is -0.461 e. The van der Waals surface area contributed by atoms with Crippen molar-refractivity contribution in [2.75, 3.05) is 80.5 Å². The zero-order valence-corrected chi connectivity index (χ0v) is 28.6. The monoisotopic (exact) mass is 602 g/mol. The van der Waals surface area contributed by atoms with Crippen molar-refractivity contribution in [3.05, 3.63) is 0 Å². The van der Waals surface area contributed by atoms with Crippen LogP contribution in [0.5, 0.6) is 0 Å². The summed E-state index contributed by atoms with van der Waals surface area (Å²) in [7, 11) is 9.36. The van der Waals surface area contributed by atoms with Crippen molar-refractivity contribution in [2.45, 2.75) is 96.9 Å². The lowest BCUT2D eigenvalue weighted by Gasteiger charge is -2.62. The highest BCUT2D eigenvalue weighted by molar-refractivity contribution is 5.66. The summed E-state index contributed by atoms with van der Waals surface area (Å²) in [4.78, 5) is 30.2. The molecule has 6 aliphatic rings. The van der Waals surface area contributed by atoms with Gasteiger partial charge in [-0.2, -0.15) is 0 Å². The van der Waals surface area contributed by atoms with Crippen molar-refractivity contribution < 1.29 is 28.0 Å². The summed E-state index contributed by atoms with van der Waals surface area (Å²) in [5, 5.41) is 0. The van der Waals surface area contributed by atoms with Crippen molar-refractivity contribution in [1.29, 1.82) is 0 Å². The number of hydrogen-bond donors (Lipinski definition) is 0. The number of nitrogens with zero attached hydrogens (tertiary/aromatic N) is 4. The smallest absolute Gasteiger partial charge is 0.302 e. The highest BCUT2D eigenvalue weighted by Gasteiger charge is 2.65. The van der Waals surface area contributed by atoms with E-state index in [1.807, 2.05) is 0 Å². The summed E-state index contributed by atoms with van der Waals surface area (Å²) in [5.74, 6) is 2.35. The van der Waals surface area contributed by atoms with Gasteiger partial charge in [0.05, 0.1) is 54.4 Å². The van der Waals surface area contributed by atoms with Crippen molar-refractivity contribution in [1.82, 2.24) is 9.80 Å². The van der Waals surface area contributed by atoms with Gasteiger partial charge >= 0.3 is 11.9 Å². The van der Waals surface area contributed by atoms with Crippen LogP contribution in [0.3, 0.4) is 0 Å². The van der Waals surface area contributed by atoms with Crippen molar-refractivity contribution in [3.8, 4) is 0 Å². The number of piperazine rings is 2. The Morgan fingerprint density at radius 2 is 1.26 bits per heavy atom. The number of hydrogen-bond acceptors (Lipinski definition) is 6. The predicted octanol–water partition coefficient (Wildman–Crippen LogP) is 3.63. The van der Waals surface area contributed by atoms with Gasteiger partial charge in [-0.15, -0.1) is 0 Å². The molecule has 244 valence electrons. The Bertz CT molecular complexity index is 1060. The molecular formula is C35H62N4O4+2. The second-order valence-corrected chi connectivity index (χ2v) is 17.5. The van der Waals surface area contributed by atoms with Gasteiger partial charge in [-0.05, 0) is 74.0 Å². The quantitative estimate of drug-likeness (QED) is 0.362. The molecule has 8 nitrogen and oxygen atoms in total. The van der Waals surface area contributed by atoms with Crippen LogP contribution in [-0.2, 0) is 19.1 Å². The molecule has 2 aliphatic heterocycles. The molecule has 8 heteroatoms. The van der Waals surface area contributed by atoms with E-state index in [1.54, 1.807) is 13.8 Å². The highest BCUT2D eigenvalue weighted by Crippen LogP contribution is 2.67. The first kappa shape index (κ1) is 31.7.